The molecular weight excluding hydrogens is 384 g/mol. The molecule has 1 unspecified atom stereocenters. The van der Waals surface area contributed by atoms with Gasteiger partial charge in [0, 0.05) is 24.4 Å². The molecule has 2 aromatic rings. The average Bonchev–Trinajstić information content (AvgIpc) is 2.59. The van der Waals surface area contributed by atoms with Gasteiger partial charge in [-0.3, -0.25) is 0 Å². The van der Waals surface area contributed by atoms with Crippen molar-refractivity contribution >= 4 is 16.6 Å². The molecule has 27 heavy (non-hydrogen) atoms. The van der Waals surface area contributed by atoms with Gasteiger partial charge in [0.25, 0.3) is 0 Å². The largest absolute Gasteiger partial charge is 0.453 e. The minimum absolute atomic E-state index is 0.0113. The molecule has 10 heteroatoms. The predicted octanol–water partition coefficient (Wildman–Crippen LogP) is 5.67. The van der Waals surface area contributed by atoms with Gasteiger partial charge in [0.05, 0.1) is 0 Å². The lowest BCUT2D eigenvalue weighted by atomic mass is 9.91. The minimum Gasteiger partial charge on any atom is -0.356 e. The van der Waals surface area contributed by atoms with Crippen LogP contribution in [0, 0.1) is 5.92 Å². The number of piperidine rings is 1. The maximum absolute atomic E-state index is 13.7. The first-order valence-electron chi connectivity index (χ1n) is 8.08. The number of pyridine rings is 1. The first kappa shape index (κ1) is 19.6. The fraction of sp³-hybridized carbons (Fsp3) is 0.471. The Morgan fingerprint density at radius 1 is 0.963 bits per heavy atom. The lowest BCUT2D eigenvalue weighted by molar-refractivity contribution is -0.303. The van der Waals surface area contributed by atoms with Crippen molar-refractivity contribution in [2.45, 2.75) is 31.1 Å². The molecule has 0 bridgehead atoms. The first-order valence-corrected chi connectivity index (χ1v) is 8.08. The summed E-state index contributed by atoms with van der Waals surface area (Å²) in [6.07, 6.45) is -10.9. The third kappa shape index (κ3) is 3.66. The van der Waals surface area contributed by atoms with E-state index in [0.717, 1.165) is 11.0 Å². The Bertz CT molecular complexity index is 828. The molecule has 1 saturated heterocycles. The van der Waals surface area contributed by atoms with Crippen molar-refractivity contribution in [1.82, 2.24) is 4.98 Å². The maximum Gasteiger partial charge on any atom is 0.453 e. The molecule has 1 aromatic carbocycles. The number of rotatable bonds is 2. The molecule has 0 N–H and O–H groups in total. The molecule has 148 valence electrons. The second-order valence-electron chi connectivity index (χ2n) is 6.46. The summed E-state index contributed by atoms with van der Waals surface area (Å²) in [7, 11) is 0. The van der Waals surface area contributed by atoms with Gasteiger partial charge in [-0.15, -0.1) is 0 Å². The van der Waals surface area contributed by atoms with Crippen LogP contribution < -0.4 is 4.90 Å². The molecule has 3 rings (SSSR count). The van der Waals surface area contributed by atoms with Crippen molar-refractivity contribution in [2.75, 3.05) is 18.0 Å². The van der Waals surface area contributed by atoms with Crippen molar-refractivity contribution in [3.8, 4) is 0 Å². The highest BCUT2D eigenvalue weighted by molar-refractivity contribution is 5.92. The van der Waals surface area contributed by atoms with E-state index in [2.05, 4.69) is 4.98 Å². The third-order valence-corrected chi connectivity index (χ3v) is 4.62. The van der Waals surface area contributed by atoms with Crippen molar-refractivity contribution in [1.29, 1.82) is 0 Å². The van der Waals surface area contributed by atoms with Gasteiger partial charge in [-0.05, 0) is 24.3 Å². The Kier molecular flexibility index (Phi) is 4.72. The zero-order valence-electron chi connectivity index (χ0n) is 13.7. The molecular formula is C17H14F8N2. The van der Waals surface area contributed by atoms with E-state index >= 15 is 0 Å². The first-order chi connectivity index (χ1) is 12.4. The van der Waals surface area contributed by atoms with Gasteiger partial charge < -0.3 is 4.90 Å². The Hall–Kier alpha value is -2.13. The number of fused-ring (bicyclic) bond motifs is 1. The highest BCUT2D eigenvalue weighted by Gasteiger charge is 2.62. The summed E-state index contributed by atoms with van der Waals surface area (Å²) in [6.45, 7) is -0.687. The fourth-order valence-electron chi connectivity index (χ4n) is 3.26. The molecule has 0 spiro atoms. The number of hydrogen-bond acceptors (Lipinski definition) is 2. The standard InChI is InChI=1S/C17H14F8N2/c18-15(19,17(23,24)25)11-5-3-7-27(9-11)14-12-6-2-1-4-10(12)8-13(26-14)16(20,21)22/h1-2,4,6,8,11H,3,5,7,9H2. The highest BCUT2D eigenvalue weighted by atomic mass is 19.4. The summed E-state index contributed by atoms with van der Waals surface area (Å²) >= 11 is 0. The number of alkyl halides is 8. The minimum atomic E-state index is -5.72. The maximum atomic E-state index is 13.7. The molecule has 0 radical (unpaired) electrons. The second kappa shape index (κ2) is 6.49. The molecule has 1 atom stereocenters. The van der Waals surface area contributed by atoms with Crippen LogP contribution in [0.2, 0.25) is 0 Å². The molecule has 0 aliphatic carbocycles. The van der Waals surface area contributed by atoms with Crippen LogP contribution in [-0.4, -0.2) is 30.2 Å². The topological polar surface area (TPSA) is 16.1 Å². The molecule has 2 heterocycles. The summed E-state index contributed by atoms with van der Waals surface area (Å²) in [6, 6.07) is 6.73. The van der Waals surface area contributed by atoms with Crippen LogP contribution in [0.4, 0.5) is 40.9 Å². The van der Waals surface area contributed by atoms with E-state index in [1.807, 2.05) is 0 Å². The van der Waals surface area contributed by atoms with Crippen LogP contribution in [-0.2, 0) is 6.18 Å². The van der Waals surface area contributed by atoms with Gasteiger partial charge in [0.2, 0.25) is 0 Å². The SMILES string of the molecule is FC(F)(F)c1cc2ccccc2c(N2CCCC(C(F)(F)C(F)(F)F)C2)n1. The van der Waals surface area contributed by atoms with Crippen molar-refractivity contribution < 1.29 is 35.1 Å². The van der Waals surface area contributed by atoms with E-state index < -0.39 is 36.4 Å². The molecule has 1 aromatic heterocycles. The van der Waals surface area contributed by atoms with E-state index in [9.17, 15) is 35.1 Å². The second-order valence-corrected chi connectivity index (χ2v) is 6.46. The van der Waals surface area contributed by atoms with Gasteiger partial charge >= 0.3 is 18.3 Å². The number of anilines is 1. The molecule has 1 fully saturated rings. The monoisotopic (exact) mass is 398 g/mol. The normalized spacial score (nSPS) is 19.6. The zero-order chi connectivity index (χ0) is 20.0. The van der Waals surface area contributed by atoms with Crippen LogP contribution in [0.15, 0.2) is 30.3 Å². The van der Waals surface area contributed by atoms with E-state index in [1.165, 1.54) is 24.3 Å². The highest BCUT2D eigenvalue weighted by Crippen LogP contribution is 2.45. The summed E-state index contributed by atoms with van der Waals surface area (Å²) in [5, 5.41) is 0.445. The van der Waals surface area contributed by atoms with Crippen LogP contribution in [0.3, 0.4) is 0 Å². The summed E-state index contributed by atoms with van der Waals surface area (Å²) < 4.78 is 105. The summed E-state index contributed by atoms with van der Waals surface area (Å²) in [5.41, 5.74) is -1.22. The number of halogens is 8. The van der Waals surface area contributed by atoms with Gasteiger partial charge in [-0.25, -0.2) is 4.98 Å². The Morgan fingerprint density at radius 3 is 2.26 bits per heavy atom. The van der Waals surface area contributed by atoms with E-state index in [0.29, 0.717) is 0 Å². The summed E-state index contributed by atoms with van der Waals surface area (Å²) in [5.74, 6) is -7.22. The molecule has 0 saturated carbocycles. The van der Waals surface area contributed by atoms with Crippen molar-refractivity contribution in [3.63, 3.8) is 0 Å². The van der Waals surface area contributed by atoms with Crippen molar-refractivity contribution in [2.24, 2.45) is 5.92 Å². The lowest BCUT2D eigenvalue weighted by Gasteiger charge is -2.38. The number of aromatic nitrogens is 1. The van der Waals surface area contributed by atoms with Gasteiger partial charge in [-0.1, -0.05) is 24.3 Å². The van der Waals surface area contributed by atoms with Crippen LogP contribution >= 0.6 is 0 Å². The number of nitrogens with zero attached hydrogens (tertiary/aromatic N) is 2. The van der Waals surface area contributed by atoms with Gasteiger partial charge in [0.1, 0.15) is 11.5 Å². The predicted molar refractivity (Wildman–Crippen MR) is 82.7 cm³/mol. The molecule has 1 aliphatic heterocycles. The van der Waals surface area contributed by atoms with E-state index in [4.69, 9.17) is 0 Å². The molecule has 0 amide bonds. The van der Waals surface area contributed by atoms with E-state index in [1.54, 1.807) is 0 Å². The fourth-order valence-corrected chi connectivity index (χ4v) is 3.26. The van der Waals surface area contributed by atoms with Crippen LogP contribution in [0.1, 0.15) is 18.5 Å². The third-order valence-electron chi connectivity index (χ3n) is 4.62. The van der Waals surface area contributed by atoms with E-state index in [-0.39, 0.29) is 36.0 Å². The molecule has 2 nitrogen and oxygen atoms in total. The Morgan fingerprint density at radius 2 is 1.63 bits per heavy atom. The van der Waals surface area contributed by atoms with Crippen LogP contribution in [0.5, 0.6) is 0 Å². The van der Waals surface area contributed by atoms with Gasteiger partial charge in [-0.2, -0.15) is 35.1 Å². The smallest absolute Gasteiger partial charge is 0.356 e. The Balaban J connectivity index is 2.04. The lowest BCUT2D eigenvalue weighted by Crippen LogP contribution is -2.51. The Labute approximate surface area is 148 Å². The number of hydrogen-bond donors (Lipinski definition) is 0. The molecule has 1 aliphatic rings. The zero-order valence-corrected chi connectivity index (χ0v) is 13.7. The number of benzene rings is 1. The quantitative estimate of drug-likeness (QED) is 0.607. The van der Waals surface area contributed by atoms with Gasteiger partial charge in [0.15, 0.2) is 0 Å². The van der Waals surface area contributed by atoms with Crippen molar-refractivity contribution in [3.05, 3.63) is 36.0 Å². The van der Waals surface area contributed by atoms with Crippen LogP contribution in [0.25, 0.3) is 10.8 Å². The average molecular weight is 398 g/mol. The summed E-state index contributed by atoms with van der Waals surface area (Å²) in [4.78, 5) is 4.64.